The number of imidazole rings is 1. The minimum atomic E-state index is 0.0704. The third-order valence-corrected chi connectivity index (χ3v) is 6.66. The standard InChI is InChI=1S/C27H37N5O4/c1-17-11-18(2)16-31(15-17)26(33)19-7-8-21-22(12-19)32(10-6-9-28)27(30-21)29-20-13-23(34-3)25(36-5)24(14-20)35-4/h7-8,12-14,17-18H,6,9-11,15-16,28H2,1-5H3,(H,29,30). The molecule has 1 fully saturated rings. The fraction of sp³-hybridized carbons (Fsp3) is 0.481. The van der Waals surface area contributed by atoms with Crippen molar-refractivity contribution >= 4 is 28.6 Å². The lowest BCUT2D eigenvalue weighted by Gasteiger charge is -2.35. The quantitative estimate of drug-likeness (QED) is 0.457. The predicted molar refractivity (Wildman–Crippen MR) is 142 cm³/mol. The van der Waals surface area contributed by atoms with Crippen LogP contribution < -0.4 is 25.3 Å². The van der Waals surface area contributed by atoms with E-state index in [0.29, 0.717) is 53.7 Å². The molecule has 1 amide bonds. The fourth-order valence-electron chi connectivity index (χ4n) is 5.12. The van der Waals surface area contributed by atoms with Crippen molar-refractivity contribution in [1.82, 2.24) is 14.5 Å². The first-order chi connectivity index (χ1) is 17.4. The summed E-state index contributed by atoms with van der Waals surface area (Å²) in [6, 6.07) is 9.41. The molecule has 2 aromatic carbocycles. The number of likely N-dealkylation sites (tertiary alicyclic amines) is 1. The van der Waals surface area contributed by atoms with Crippen LogP contribution in [0.15, 0.2) is 30.3 Å². The number of carbonyl (C=O) groups is 1. The average molecular weight is 496 g/mol. The molecule has 0 bridgehead atoms. The molecule has 0 saturated carbocycles. The van der Waals surface area contributed by atoms with Gasteiger partial charge in [0.1, 0.15) is 0 Å². The Morgan fingerprint density at radius 1 is 1.06 bits per heavy atom. The number of rotatable bonds is 9. The number of fused-ring (bicyclic) bond motifs is 1. The van der Waals surface area contributed by atoms with Crippen LogP contribution in [-0.4, -0.2) is 61.3 Å². The summed E-state index contributed by atoms with van der Waals surface area (Å²) < 4.78 is 18.5. The maximum Gasteiger partial charge on any atom is 0.253 e. The molecule has 1 saturated heterocycles. The lowest BCUT2D eigenvalue weighted by atomic mass is 9.91. The first-order valence-electron chi connectivity index (χ1n) is 12.4. The molecule has 3 N–H and O–H groups in total. The second-order valence-corrected chi connectivity index (χ2v) is 9.63. The van der Waals surface area contributed by atoms with E-state index in [9.17, 15) is 4.79 Å². The molecule has 2 atom stereocenters. The van der Waals surface area contributed by atoms with Gasteiger partial charge in [0.05, 0.1) is 32.4 Å². The molecular formula is C27H37N5O4. The van der Waals surface area contributed by atoms with E-state index in [2.05, 4.69) is 23.7 Å². The number of methoxy groups -OCH3 is 3. The summed E-state index contributed by atoms with van der Waals surface area (Å²) in [6.07, 6.45) is 1.93. The van der Waals surface area contributed by atoms with Crippen LogP contribution in [0.1, 0.15) is 37.0 Å². The maximum atomic E-state index is 13.4. The summed E-state index contributed by atoms with van der Waals surface area (Å²) in [6.45, 7) is 7.22. The summed E-state index contributed by atoms with van der Waals surface area (Å²) in [5.74, 6) is 3.34. The number of nitrogens with zero attached hydrogens (tertiary/aromatic N) is 3. The van der Waals surface area contributed by atoms with Crippen LogP contribution in [0.25, 0.3) is 11.0 Å². The molecule has 3 aromatic rings. The highest BCUT2D eigenvalue weighted by atomic mass is 16.5. The summed E-state index contributed by atoms with van der Waals surface area (Å²) in [5, 5.41) is 3.40. The van der Waals surface area contributed by atoms with Crippen LogP contribution >= 0.6 is 0 Å². The normalized spacial score (nSPS) is 17.8. The molecule has 1 aliphatic heterocycles. The third kappa shape index (κ3) is 5.21. The number of hydrogen-bond acceptors (Lipinski definition) is 7. The van der Waals surface area contributed by atoms with E-state index in [4.69, 9.17) is 24.9 Å². The smallest absolute Gasteiger partial charge is 0.253 e. The van der Waals surface area contributed by atoms with Gasteiger partial charge in [-0.05, 0) is 49.4 Å². The first kappa shape index (κ1) is 25.6. The van der Waals surface area contributed by atoms with Crippen molar-refractivity contribution in [2.45, 2.75) is 33.2 Å². The average Bonchev–Trinajstić information content (AvgIpc) is 3.21. The van der Waals surface area contributed by atoms with Gasteiger partial charge in [-0.1, -0.05) is 13.8 Å². The Hall–Kier alpha value is -3.46. The number of anilines is 2. The molecule has 0 spiro atoms. The first-order valence-corrected chi connectivity index (χ1v) is 12.4. The van der Waals surface area contributed by atoms with Crippen molar-refractivity contribution in [3.05, 3.63) is 35.9 Å². The summed E-state index contributed by atoms with van der Waals surface area (Å²) in [7, 11) is 4.74. The van der Waals surface area contributed by atoms with E-state index in [0.717, 1.165) is 42.7 Å². The number of aryl methyl sites for hydroxylation is 1. The van der Waals surface area contributed by atoms with Crippen LogP contribution in [0.5, 0.6) is 17.2 Å². The Bertz CT molecular complexity index is 1190. The Morgan fingerprint density at radius 3 is 2.31 bits per heavy atom. The molecule has 0 radical (unpaired) electrons. The molecule has 4 rings (SSSR count). The highest BCUT2D eigenvalue weighted by molar-refractivity contribution is 5.98. The predicted octanol–water partition coefficient (Wildman–Crippen LogP) is 4.27. The van der Waals surface area contributed by atoms with Gasteiger partial charge in [0.15, 0.2) is 11.5 Å². The number of benzene rings is 2. The Morgan fingerprint density at radius 2 is 1.72 bits per heavy atom. The Kier molecular flexibility index (Phi) is 7.88. The molecular weight excluding hydrogens is 458 g/mol. The van der Waals surface area contributed by atoms with Crippen molar-refractivity contribution in [2.24, 2.45) is 17.6 Å². The molecule has 0 aliphatic carbocycles. The monoisotopic (exact) mass is 495 g/mol. The van der Waals surface area contributed by atoms with Gasteiger partial charge < -0.3 is 34.7 Å². The largest absolute Gasteiger partial charge is 0.493 e. The maximum absolute atomic E-state index is 13.4. The van der Waals surface area contributed by atoms with Crippen LogP contribution in [0, 0.1) is 11.8 Å². The summed E-state index contributed by atoms with van der Waals surface area (Å²) in [5.41, 5.74) is 8.95. The second-order valence-electron chi connectivity index (χ2n) is 9.63. The zero-order valence-corrected chi connectivity index (χ0v) is 21.8. The number of hydrogen-bond donors (Lipinski definition) is 2. The number of carbonyl (C=O) groups excluding carboxylic acids is 1. The van der Waals surface area contributed by atoms with E-state index in [1.807, 2.05) is 35.2 Å². The van der Waals surface area contributed by atoms with Crippen molar-refractivity contribution in [3.63, 3.8) is 0 Å². The molecule has 194 valence electrons. The number of amides is 1. The Balaban J connectivity index is 1.71. The molecule has 9 heteroatoms. The molecule has 36 heavy (non-hydrogen) atoms. The summed E-state index contributed by atoms with van der Waals surface area (Å²) >= 11 is 0. The SMILES string of the molecule is COc1cc(Nc2nc3ccc(C(=O)N4CC(C)CC(C)C4)cc3n2CCCN)cc(OC)c1OC. The van der Waals surface area contributed by atoms with E-state index >= 15 is 0 Å². The number of nitrogens with two attached hydrogens (primary N) is 1. The molecule has 1 aliphatic rings. The zero-order chi connectivity index (χ0) is 25.8. The van der Waals surface area contributed by atoms with Crippen LogP contribution in [-0.2, 0) is 6.54 Å². The van der Waals surface area contributed by atoms with Gasteiger partial charge in [-0.3, -0.25) is 4.79 Å². The number of ether oxygens (including phenoxy) is 3. The van der Waals surface area contributed by atoms with Crippen LogP contribution in [0.2, 0.25) is 0 Å². The fourth-order valence-corrected chi connectivity index (χ4v) is 5.12. The van der Waals surface area contributed by atoms with Crippen molar-refractivity contribution < 1.29 is 19.0 Å². The molecule has 9 nitrogen and oxygen atoms in total. The number of nitrogens with one attached hydrogen (secondary N) is 1. The number of aromatic nitrogens is 2. The highest BCUT2D eigenvalue weighted by Gasteiger charge is 2.26. The second kappa shape index (κ2) is 11.1. The minimum Gasteiger partial charge on any atom is -0.493 e. The van der Waals surface area contributed by atoms with Gasteiger partial charge in [0, 0.05) is 43.0 Å². The van der Waals surface area contributed by atoms with Gasteiger partial charge in [-0.2, -0.15) is 0 Å². The van der Waals surface area contributed by atoms with Gasteiger partial charge in [0.2, 0.25) is 11.7 Å². The third-order valence-electron chi connectivity index (χ3n) is 6.66. The molecule has 2 heterocycles. The Labute approximate surface area is 212 Å². The van der Waals surface area contributed by atoms with Crippen molar-refractivity contribution in [1.29, 1.82) is 0 Å². The number of piperidine rings is 1. The van der Waals surface area contributed by atoms with Crippen LogP contribution in [0.4, 0.5) is 11.6 Å². The highest BCUT2D eigenvalue weighted by Crippen LogP contribution is 2.40. The van der Waals surface area contributed by atoms with Gasteiger partial charge >= 0.3 is 0 Å². The van der Waals surface area contributed by atoms with E-state index in [1.54, 1.807) is 21.3 Å². The topological polar surface area (TPSA) is 104 Å². The zero-order valence-electron chi connectivity index (χ0n) is 21.8. The minimum absolute atomic E-state index is 0.0704. The lowest BCUT2D eigenvalue weighted by molar-refractivity contribution is 0.0623. The summed E-state index contributed by atoms with van der Waals surface area (Å²) in [4.78, 5) is 20.2. The van der Waals surface area contributed by atoms with Crippen LogP contribution in [0.3, 0.4) is 0 Å². The van der Waals surface area contributed by atoms with Gasteiger partial charge in [-0.15, -0.1) is 0 Å². The van der Waals surface area contributed by atoms with Crippen molar-refractivity contribution in [2.75, 3.05) is 46.3 Å². The van der Waals surface area contributed by atoms with E-state index in [1.165, 1.54) is 0 Å². The van der Waals surface area contributed by atoms with Gasteiger partial charge in [-0.25, -0.2) is 4.98 Å². The van der Waals surface area contributed by atoms with E-state index in [-0.39, 0.29) is 5.91 Å². The van der Waals surface area contributed by atoms with E-state index < -0.39 is 0 Å². The van der Waals surface area contributed by atoms with Gasteiger partial charge in [0.25, 0.3) is 5.91 Å². The molecule has 2 unspecified atom stereocenters. The molecule has 1 aromatic heterocycles. The van der Waals surface area contributed by atoms with Crippen molar-refractivity contribution in [3.8, 4) is 17.2 Å². The lowest BCUT2D eigenvalue weighted by Crippen LogP contribution is -2.42.